The fourth-order valence-corrected chi connectivity index (χ4v) is 5.31. The molecule has 0 radical (unpaired) electrons. The van der Waals surface area contributed by atoms with Crippen LogP contribution in [0.1, 0.15) is 51.9 Å². The minimum Gasteiger partial charge on any atom is -0.381 e. The summed E-state index contributed by atoms with van der Waals surface area (Å²) in [6, 6.07) is 0.473. The van der Waals surface area contributed by atoms with E-state index in [1.807, 2.05) is 0 Å². The van der Waals surface area contributed by atoms with Crippen molar-refractivity contribution >= 4 is 10.8 Å². The van der Waals surface area contributed by atoms with Gasteiger partial charge < -0.3 is 10.1 Å². The molecule has 1 N–H and O–H groups in total. The minimum atomic E-state index is -0.678. The SMILES string of the molecule is CCNC1CCCCCC1S(=O)C1CCOCC1. The minimum absolute atomic E-state index is 0.371. The third-order valence-corrected chi connectivity index (χ3v) is 6.50. The summed E-state index contributed by atoms with van der Waals surface area (Å²) in [6.07, 6.45) is 8.17. The van der Waals surface area contributed by atoms with Gasteiger partial charge >= 0.3 is 0 Å². The Morgan fingerprint density at radius 1 is 1.11 bits per heavy atom. The van der Waals surface area contributed by atoms with Crippen LogP contribution in [0.3, 0.4) is 0 Å². The third kappa shape index (κ3) is 3.78. The van der Waals surface area contributed by atoms with Gasteiger partial charge in [0.15, 0.2) is 0 Å². The van der Waals surface area contributed by atoms with Crippen molar-refractivity contribution in [2.24, 2.45) is 0 Å². The monoisotopic (exact) mass is 273 g/mol. The van der Waals surface area contributed by atoms with E-state index in [0.29, 0.717) is 16.5 Å². The van der Waals surface area contributed by atoms with Crippen molar-refractivity contribution in [2.45, 2.75) is 68.4 Å². The molecule has 2 rings (SSSR count). The zero-order valence-electron chi connectivity index (χ0n) is 11.5. The summed E-state index contributed by atoms with van der Waals surface area (Å²) >= 11 is 0. The average molecular weight is 273 g/mol. The largest absolute Gasteiger partial charge is 0.381 e. The summed E-state index contributed by atoms with van der Waals surface area (Å²) in [5, 5.41) is 4.32. The van der Waals surface area contributed by atoms with Crippen molar-refractivity contribution in [3.8, 4) is 0 Å². The van der Waals surface area contributed by atoms with Gasteiger partial charge in [0.25, 0.3) is 0 Å². The first-order valence-electron chi connectivity index (χ1n) is 7.53. The number of hydrogen-bond donors (Lipinski definition) is 1. The second-order valence-corrected chi connectivity index (χ2v) is 7.41. The summed E-state index contributed by atoms with van der Waals surface area (Å²) in [5.41, 5.74) is 0. The molecule has 3 unspecified atom stereocenters. The molecular weight excluding hydrogens is 246 g/mol. The van der Waals surface area contributed by atoms with Crippen LogP contribution < -0.4 is 5.32 Å². The van der Waals surface area contributed by atoms with Crippen LogP contribution in [0, 0.1) is 0 Å². The second-order valence-electron chi connectivity index (χ2n) is 5.48. The van der Waals surface area contributed by atoms with Crippen molar-refractivity contribution in [3.05, 3.63) is 0 Å². The van der Waals surface area contributed by atoms with E-state index in [2.05, 4.69) is 12.2 Å². The van der Waals surface area contributed by atoms with Crippen LogP contribution in [0.15, 0.2) is 0 Å². The molecule has 106 valence electrons. The van der Waals surface area contributed by atoms with Crippen LogP contribution in [0.2, 0.25) is 0 Å². The molecule has 0 aromatic rings. The highest BCUT2D eigenvalue weighted by Crippen LogP contribution is 2.26. The molecule has 4 heteroatoms. The molecule has 1 saturated heterocycles. The van der Waals surface area contributed by atoms with Gasteiger partial charge in [-0.15, -0.1) is 0 Å². The Balaban J connectivity index is 1.98. The van der Waals surface area contributed by atoms with Gasteiger partial charge in [0.05, 0.1) is 5.25 Å². The molecule has 0 bridgehead atoms. The lowest BCUT2D eigenvalue weighted by Gasteiger charge is -2.30. The van der Waals surface area contributed by atoms with Gasteiger partial charge in [0.2, 0.25) is 0 Å². The first-order chi connectivity index (χ1) is 8.83. The van der Waals surface area contributed by atoms with E-state index in [4.69, 9.17) is 4.74 Å². The van der Waals surface area contributed by atoms with Crippen LogP contribution >= 0.6 is 0 Å². The van der Waals surface area contributed by atoms with Gasteiger partial charge in [-0.25, -0.2) is 0 Å². The van der Waals surface area contributed by atoms with Crippen molar-refractivity contribution in [1.29, 1.82) is 0 Å². The first kappa shape index (κ1) is 14.5. The maximum Gasteiger partial charge on any atom is 0.0504 e. The number of ether oxygens (including phenoxy) is 1. The fraction of sp³-hybridized carbons (Fsp3) is 1.00. The van der Waals surface area contributed by atoms with Gasteiger partial charge in [0.1, 0.15) is 0 Å². The van der Waals surface area contributed by atoms with E-state index in [0.717, 1.165) is 39.0 Å². The predicted octanol–water partition coefficient (Wildman–Crippen LogP) is 2.22. The van der Waals surface area contributed by atoms with Crippen LogP contribution in [-0.4, -0.2) is 40.5 Å². The number of nitrogens with one attached hydrogen (secondary N) is 1. The zero-order chi connectivity index (χ0) is 12.8. The van der Waals surface area contributed by atoms with Crippen LogP contribution in [0.25, 0.3) is 0 Å². The molecule has 1 aliphatic carbocycles. The lowest BCUT2D eigenvalue weighted by atomic mass is 10.1. The topological polar surface area (TPSA) is 38.3 Å². The summed E-state index contributed by atoms with van der Waals surface area (Å²) in [7, 11) is -0.678. The molecule has 1 heterocycles. The number of rotatable bonds is 4. The highest BCUT2D eigenvalue weighted by Gasteiger charge is 2.32. The van der Waals surface area contributed by atoms with E-state index < -0.39 is 10.8 Å². The maximum atomic E-state index is 12.8. The molecule has 2 aliphatic rings. The molecule has 0 aromatic carbocycles. The Morgan fingerprint density at radius 3 is 2.56 bits per heavy atom. The van der Waals surface area contributed by atoms with Crippen LogP contribution in [-0.2, 0) is 15.5 Å². The Labute approximate surface area is 114 Å². The Kier molecular flexibility index (Phi) is 6.12. The molecule has 0 aromatic heterocycles. The fourth-order valence-electron chi connectivity index (χ4n) is 3.20. The molecule has 0 spiro atoms. The smallest absolute Gasteiger partial charge is 0.0504 e. The van der Waals surface area contributed by atoms with Gasteiger partial charge in [-0.05, 0) is 32.2 Å². The summed E-state index contributed by atoms with van der Waals surface area (Å²) in [5.74, 6) is 0. The predicted molar refractivity (Wildman–Crippen MR) is 76.3 cm³/mol. The zero-order valence-corrected chi connectivity index (χ0v) is 12.3. The Bertz CT molecular complexity index is 267. The average Bonchev–Trinajstić information content (AvgIpc) is 2.65. The molecule has 3 nitrogen and oxygen atoms in total. The Hall–Kier alpha value is 0.0700. The van der Waals surface area contributed by atoms with E-state index >= 15 is 0 Å². The second kappa shape index (κ2) is 7.61. The summed E-state index contributed by atoms with van der Waals surface area (Å²) in [4.78, 5) is 0. The molecule has 1 saturated carbocycles. The van der Waals surface area contributed by atoms with Crippen molar-refractivity contribution in [1.82, 2.24) is 5.32 Å². The van der Waals surface area contributed by atoms with Gasteiger partial charge in [-0.1, -0.05) is 26.2 Å². The van der Waals surface area contributed by atoms with Crippen molar-refractivity contribution in [3.63, 3.8) is 0 Å². The van der Waals surface area contributed by atoms with Crippen molar-refractivity contribution < 1.29 is 8.95 Å². The lowest BCUT2D eigenvalue weighted by molar-refractivity contribution is 0.0990. The third-order valence-electron chi connectivity index (χ3n) is 4.21. The first-order valence-corrected chi connectivity index (χ1v) is 8.81. The van der Waals surface area contributed by atoms with E-state index in [1.54, 1.807) is 0 Å². The molecule has 18 heavy (non-hydrogen) atoms. The normalized spacial score (nSPS) is 32.9. The van der Waals surface area contributed by atoms with E-state index in [1.165, 1.54) is 25.7 Å². The quantitative estimate of drug-likeness (QED) is 0.798. The highest BCUT2D eigenvalue weighted by atomic mass is 32.2. The molecule has 1 aliphatic heterocycles. The molecular formula is C14H27NO2S. The van der Waals surface area contributed by atoms with Crippen LogP contribution in [0.5, 0.6) is 0 Å². The molecule has 0 amide bonds. The van der Waals surface area contributed by atoms with Gasteiger partial charge in [-0.2, -0.15) is 0 Å². The summed E-state index contributed by atoms with van der Waals surface area (Å²) in [6.45, 7) is 4.75. The van der Waals surface area contributed by atoms with Gasteiger partial charge in [0, 0.05) is 35.3 Å². The lowest BCUT2D eigenvalue weighted by Crippen LogP contribution is -2.44. The molecule has 3 atom stereocenters. The summed E-state index contributed by atoms with van der Waals surface area (Å²) < 4.78 is 18.2. The van der Waals surface area contributed by atoms with Crippen LogP contribution in [0.4, 0.5) is 0 Å². The maximum absolute atomic E-state index is 12.8. The Morgan fingerprint density at radius 2 is 1.83 bits per heavy atom. The van der Waals surface area contributed by atoms with E-state index in [-0.39, 0.29) is 0 Å². The molecule has 2 fully saturated rings. The van der Waals surface area contributed by atoms with Crippen molar-refractivity contribution in [2.75, 3.05) is 19.8 Å². The number of hydrogen-bond acceptors (Lipinski definition) is 3. The standard InChI is InChI=1S/C14H27NO2S/c1-2-15-13-6-4-3-5-7-14(13)18(16)12-8-10-17-11-9-12/h12-15H,2-11H2,1H3. The van der Waals surface area contributed by atoms with Gasteiger partial charge in [-0.3, -0.25) is 4.21 Å². The van der Waals surface area contributed by atoms with E-state index in [9.17, 15) is 4.21 Å². The highest BCUT2D eigenvalue weighted by molar-refractivity contribution is 7.86.